The fraction of sp³-hybridized carbons (Fsp3) is 0.200. The second-order valence-corrected chi connectivity index (χ2v) is 6.48. The summed E-state index contributed by atoms with van der Waals surface area (Å²) in [7, 11) is 1.62. The lowest BCUT2D eigenvalue weighted by molar-refractivity contribution is 0.0771. The number of carbonyl (C=O) groups is 1. The Balaban J connectivity index is 2.03. The molecule has 126 valence electrons. The number of nitrogens with zero attached hydrogens (tertiary/aromatic N) is 1. The molecule has 0 saturated carbocycles. The number of amides is 1. The zero-order chi connectivity index (χ0) is 17.9. The molecule has 0 fully saturated rings. The van der Waals surface area contributed by atoms with Crippen molar-refractivity contribution in [3.63, 3.8) is 0 Å². The predicted molar refractivity (Wildman–Crippen MR) is 92.3 cm³/mol. The highest BCUT2D eigenvalue weighted by Crippen LogP contribution is 2.37. The first-order valence-corrected chi connectivity index (χ1v) is 7.99. The van der Waals surface area contributed by atoms with E-state index >= 15 is 0 Å². The largest absolute Gasteiger partial charge is 0.450 e. The van der Waals surface area contributed by atoms with E-state index in [9.17, 15) is 14.0 Å². The number of hydrogen-bond donors (Lipinski definition) is 0. The highest BCUT2D eigenvalue weighted by atomic mass is 19.1. The second kappa shape index (κ2) is 5.28. The third-order valence-corrected chi connectivity index (χ3v) is 4.90. The van der Waals surface area contributed by atoms with Crippen LogP contribution in [0.1, 0.15) is 38.9 Å². The van der Waals surface area contributed by atoms with E-state index in [1.54, 1.807) is 31.3 Å². The Hall–Kier alpha value is -2.95. The van der Waals surface area contributed by atoms with Gasteiger partial charge in [0.15, 0.2) is 5.43 Å². The van der Waals surface area contributed by atoms with Crippen LogP contribution in [0.4, 0.5) is 4.39 Å². The number of benzene rings is 2. The van der Waals surface area contributed by atoms with Crippen LogP contribution in [0.15, 0.2) is 45.6 Å². The molecule has 2 aromatic carbocycles. The summed E-state index contributed by atoms with van der Waals surface area (Å²) in [4.78, 5) is 27.2. The molecule has 0 N–H and O–H groups in total. The van der Waals surface area contributed by atoms with Crippen LogP contribution in [0.3, 0.4) is 0 Å². The van der Waals surface area contributed by atoms with Gasteiger partial charge < -0.3 is 9.32 Å². The highest BCUT2D eigenvalue weighted by Gasteiger charge is 2.40. The van der Waals surface area contributed by atoms with E-state index in [4.69, 9.17) is 4.42 Å². The van der Waals surface area contributed by atoms with Gasteiger partial charge in [-0.1, -0.05) is 12.1 Å². The number of halogens is 1. The van der Waals surface area contributed by atoms with Gasteiger partial charge in [-0.3, -0.25) is 9.59 Å². The summed E-state index contributed by atoms with van der Waals surface area (Å²) in [6.45, 7) is 3.85. The number of carbonyl (C=O) groups excluding carboxylic acids is 1. The maximum atomic E-state index is 13.3. The Morgan fingerprint density at radius 1 is 1.04 bits per heavy atom. The Morgan fingerprint density at radius 2 is 1.68 bits per heavy atom. The minimum Gasteiger partial charge on any atom is -0.450 e. The van der Waals surface area contributed by atoms with E-state index in [0.717, 1.165) is 11.1 Å². The molecule has 2 heterocycles. The van der Waals surface area contributed by atoms with Crippen LogP contribution < -0.4 is 5.43 Å². The summed E-state index contributed by atoms with van der Waals surface area (Å²) in [5.74, 6) is -0.647. The van der Waals surface area contributed by atoms with Gasteiger partial charge in [0.1, 0.15) is 11.4 Å². The lowest BCUT2D eigenvalue weighted by Gasteiger charge is -2.20. The van der Waals surface area contributed by atoms with E-state index in [-0.39, 0.29) is 22.9 Å². The maximum Gasteiger partial charge on any atom is 0.290 e. The fourth-order valence-corrected chi connectivity index (χ4v) is 3.38. The Bertz CT molecular complexity index is 1080. The Labute approximate surface area is 143 Å². The van der Waals surface area contributed by atoms with Gasteiger partial charge >= 0.3 is 0 Å². The van der Waals surface area contributed by atoms with Crippen LogP contribution in [0.5, 0.6) is 0 Å². The minimum atomic E-state index is -0.578. The third kappa shape index (κ3) is 2.19. The van der Waals surface area contributed by atoms with Crippen molar-refractivity contribution in [2.24, 2.45) is 0 Å². The molecule has 1 amide bonds. The van der Waals surface area contributed by atoms with E-state index in [1.165, 1.54) is 17.0 Å². The maximum absolute atomic E-state index is 13.3. The molecule has 0 unspecified atom stereocenters. The smallest absolute Gasteiger partial charge is 0.290 e. The van der Waals surface area contributed by atoms with Gasteiger partial charge in [-0.2, -0.15) is 0 Å². The standard InChI is InChI=1S/C20H16FNO3/c1-10-8-14-15(9-11(10)2)25-19-16(18(14)23)17(22(3)20(19)24)12-4-6-13(21)7-5-12/h4-9,17H,1-3H3/t17-/m1/s1. The van der Waals surface area contributed by atoms with Crippen LogP contribution in [0, 0.1) is 19.7 Å². The van der Waals surface area contributed by atoms with E-state index in [2.05, 4.69) is 0 Å². The van der Waals surface area contributed by atoms with Crippen molar-refractivity contribution in [2.75, 3.05) is 7.05 Å². The van der Waals surface area contributed by atoms with Gasteiger partial charge in [0.2, 0.25) is 5.76 Å². The number of rotatable bonds is 1. The first-order chi connectivity index (χ1) is 11.9. The molecule has 0 aliphatic carbocycles. The lowest BCUT2D eigenvalue weighted by Crippen LogP contribution is -2.25. The Kier molecular flexibility index (Phi) is 3.29. The quantitative estimate of drug-likeness (QED) is 0.680. The fourth-order valence-electron chi connectivity index (χ4n) is 3.38. The van der Waals surface area contributed by atoms with Crippen LogP contribution in [0.2, 0.25) is 0 Å². The predicted octanol–water partition coefficient (Wildman–Crippen LogP) is 3.72. The van der Waals surface area contributed by atoms with Crippen LogP contribution in [0.25, 0.3) is 11.0 Å². The van der Waals surface area contributed by atoms with Crippen molar-refractivity contribution in [1.29, 1.82) is 0 Å². The highest BCUT2D eigenvalue weighted by molar-refractivity contribution is 5.99. The third-order valence-electron chi connectivity index (χ3n) is 4.90. The molecule has 0 saturated heterocycles. The zero-order valence-electron chi connectivity index (χ0n) is 14.1. The molecular weight excluding hydrogens is 321 g/mol. The summed E-state index contributed by atoms with van der Waals surface area (Å²) in [6, 6.07) is 8.81. The molecule has 1 aliphatic rings. The van der Waals surface area contributed by atoms with Crippen LogP contribution in [-0.2, 0) is 0 Å². The molecule has 0 spiro atoms. The normalized spacial score (nSPS) is 16.6. The average molecular weight is 337 g/mol. The molecule has 0 radical (unpaired) electrons. The molecule has 5 heteroatoms. The molecule has 1 aliphatic heterocycles. The van der Waals surface area contributed by atoms with Crippen molar-refractivity contribution in [2.45, 2.75) is 19.9 Å². The van der Waals surface area contributed by atoms with Gasteiger partial charge in [-0.25, -0.2) is 4.39 Å². The van der Waals surface area contributed by atoms with Crippen molar-refractivity contribution < 1.29 is 13.6 Å². The van der Waals surface area contributed by atoms with Crippen LogP contribution >= 0.6 is 0 Å². The van der Waals surface area contributed by atoms with Gasteiger partial charge in [-0.15, -0.1) is 0 Å². The summed E-state index contributed by atoms with van der Waals surface area (Å²) in [5.41, 5.74) is 3.15. The zero-order valence-corrected chi connectivity index (χ0v) is 14.1. The van der Waals surface area contributed by atoms with E-state index in [0.29, 0.717) is 22.1 Å². The van der Waals surface area contributed by atoms with Gasteiger partial charge in [0.05, 0.1) is 17.0 Å². The van der Waals surface area contributed by atoms with E-state index in [1.807, 2.05) is 13.8 Å². The van der Waals surface area contributed by atoms with Crippen molar-refractivity contribution >= 4 is 16.9 Å². The van der Waals surface area contributed by atoms with Gasteiger partial charge in [-0.05, 0) is 54.8 Å². The SMILES string of the molecule is Cc1cc2oc3c(c(=O)c2cc1C)[C@@H](c1ccc(F)cc1)N(C)C3=O. The summed E-state index contributed by atoms with van der Waals surface area (Å²) in [6.07, 6.45) is 0. The van der Waals surface area contributed by atoms with Crippen molar-refractivity contribution in [3.05, 3.63) is 80.5 Å². The molecule has 1 aromatic heterocycles. The first kappa shape index (κ1) is 15.6. The molecule has 4 nitrogen and oxygen atoms in total. The number of fused-ring (bicyclic) bond motifs is 2. The van der Waals surface area contributed by atoms with E-state index < -0.39 is 6.04 Å². The minimum absolute atomic E-state index is 0.0672. The van der Waals surface area contributed by atoms with Gasteiger partial charge in [0, 0.05) is 7.05 Å². The van der Waals surface area contributed by atoms with Gasteiger partial charge in [0.25, 0.3) is 5.91 Å². The summed E-state index contributed by atoms with van der Waals surface area (Å²) < 4.78 is 19.1. The number of aryl methyl sites for hydroxylation is 2. The average Bonchev–Trinajstić information content (AvgIpc) is 2.83. The molecular formula is C20H16FNO3. The summed E-state index contributed by atoms with van der Waals surface area (Å²) >= 11 is 0. The van der Waals surface area contributed by atoms with Crippen molar-refractivity contribution in [1.82, 2.24) is 4.90 Å². The topological polar surface area (TPSA) is 50.5 Å². The molecule has 25 heavy (non-hydrogen) atoms. The van der Waals surface area contributed by atoms with Crippen molar-refractivity contribution in [3.8, 4) is 0 Å². The lowest BCUT2D eigenvalue weighted by atomic mass is 9.97. The monoisotopic (exact) mass is 337 g/mol. The number of hydrogen-bond acceptors (Lipinski definition) is 3. The molecule has 0 bridgehead atoms. The second-order valence-electron chi connectivity index (χ2n) is 6.48. The van der Waals surface area contributed by atoms with Crippen LogP contribution in [-0.4, -0.2) is 17.9 Å². The molecule has 4 rings (SSSR count). The first-order valence-electron chi connectivity index (χ1n) is 7.99. The summed E-state index contributed by atoms with van der Waals surface area (Å²) in [5, 5.41) is 0.456. The molecule has 1 atom stereocenters. The Morgan fingerprint density at radius 3 is 2.36 bits per heavy atom. The molecule has 3 aromatic rings.